The molecule has 1 unspecified atom stereocenters. The fourth-order valence-electron chi connectivity index (χ4n) is 2.47. The van der Waals surface area contributed by atoms with Gasteiger partial charge in [-0.1, -0.05) is 6.92 Å². The van der Waals surface area contributed by atoms with Gasteiger partial charge in [0.15, 0.2) is 0 Å². The normalized spacial score (nSPS) is 20.7. The molecule has 0 bridgehead atoms. The quantitative estimate of drug-likeness (QED) is 0.867. The van der Waals surface area contributed by atoms with E-state index in [0.29, 0.717) is 17.4 Å². The van der Waals surface area contributed by atoms with E-state index < -0.39 is 0 Å². The molecule has 1 fully saturated rings. The summed E-state index contributed by atoms with van der Waals surface area (Å²) in [7, 11) is 0. The lowest BCUT2D eigenvalue weighted by molar-refractivity contribution is 0.0940. The number of nitrogens with one attached hydrogen (secondary N) is 1. The van der Waals surface area contributed by atoms with Gasteiger partial charge < -0.3 is 9.73 Å². The van der Waals surface area contributed by atoms with Gasteiger partial charge in [-0.25, -0.2) is 0 Å². The fraction of sp³-hybridized carbons (Fsp3) is 0.615. The summed E-state index contributed by atoms with van der Waals surface area (Å²) >= 11 is 0. The Hall–Kier alpha value is -1.29. The minimum absolute atomic E-state index is 0.0285. The van der Waals surface area contributed by atoms with Crippen LogP contribution >= 0.6 is 0 Å². The first-order valence-corrected chi connectivity index (χ1v) is 6.28. The van der Waals surface area contributed by atoms with Gasteiger partial charge in [0.2, 0.25) is 0 Å². The molecule has 1 aromatic rings. The number of nitrogens with zero attached hydrogens (tertiary/aromatic N) is 1. The molecule has 1 aliphatic heterocycles. The van der Waals surface area contributed by atoms with Crippen molar-refractivity contribution in [1.82, 2.24) is 10.2 Å². The van der Waals surface area contributed by atoms with E-state index in [4.69, 9.17) is 4.42 Å². The number of hydrogen-bond acceptors (Lipinski definition) is 3. The van der Waals surface area contributed by atoms with Gasteiger partial charge in [0.05, 0.1) is 11.8 Å². The van der Waals surface area contributed by atoms with E-state index in [2.05, 4.69) is 17.1 Å². The number of aryl methyl sites for hydroxylation is 1. The second-order valence-electron chi connectivity index (χ2n) is 4.53. The lowest BCUT2D eigenvalue weighted by Gasteiger charge is -2.22. The smallest absolute Gasteiger partial charge is 0.254 e. The van der Waals surface area contributed by atoms with Crippen LogP contribution in [0.1, 0.15) is 35.9 Å². The highest BCUT2D eigenvalue weighted by molar-refractivity contribution is 5.95. The van der Waals surface area contributed by atoms with Gasteiger partial charge in [-0.3, -0.25) is 9.69 Å². The van der Waals surface area contributed by atoms with Crippen molar-refractivity contribution < 1.29 is 9.21 Å². The molecule has 1 amide bonds. The molecular formula is C13H20N2O2. The molecule has 0 spiro atoms. The highest BCUT2D eigenvalue weighted by Crippen LogP contribution is 2.16. The highest BCUT2D eigenvalue weighted by Gasteiger charge is 2.23. The number of rotatable bonds is 4. The molecule has 1 N–H and O–H groups in total. The Morgan fingerprint density at radius 3 is 3.12 bits per heavy atom. The maximum absolute atomic E-state index is 11.9. The standard InChI is InChI=1S/C13H20N2O2/c1-3-15-7-4-5-11(15)9-14-13(16)12-6-8-17-10(12)2/h6,8,11H,3-5,7,9H2,1-2H3,(H,14,16). The zero-order chi connectivity index (χ0) is 12.3. The maximum atomic E-state index is 11.9. The first kappa shape index (κ1) is 12.2. The third-order valence-electron chi connectivity index (χ3n) is 3.51. The Bertz CT molecular complexity index is 387. The molecule has 0 radical (unpaired) electrons. The van der Waals surface area contributed by atoms with E-state index >= 15 is 0 Å². The zero-order valence-electron chi connectivity index (χ0n) is 10.5. The average Bonchev–Trinajstić information content (AvgIpc) is 2.94. The molecule has 4 heteroatoms. The van der Waals surface area contributed by atoms with E-state index in [1.165, 1.54) is 12.8 Å². The molecular weight excluding hydrogens is 216 g/mol. The summed E-state index contributed by atoms with van der Waals surface area (Å²) in [5.41, 5.74) is 0.644. The van der Waals surface area contributed by atoms with Gasteiger partial charge >= 0.3 is 0 Å². The summed E-state index contributed by atoms with van der Waals surface area (Å²) in [6.45, 7) is 6.92. The SMILES string of the molecule is CCN1CCCC1CNC(=O)c1ccoc1C. The monoisotopic (exact) mass is 236 g/mol. The van der Waals surface area contributed by atoms with Gasteiger partial charge in [-0.15, -0.1) is 0 Å². The van der Waals surface area contributed by atoms with Gasteiger partial charge in [-0.05, 0) is 38.9 Å². The van der Waals surface area contributed by atoms with Crippen molar-refractivity contribution in [2.24, 2.45) is 0 Å². The molecule has 1 aliphatic rings. The van der Waals surface area contributed by atoms with Crippen LogP contribution in [0.5, 0.6) is 0 Å². The summed E-state index contributed by atoms with van der Waals surface area (Å²) < 4.78 is 5.13. The molecule has 0 aromatic carbocycles. The van der Waals surface area contributed by atoms with Crippen LogP contribution in [0, 0.1) is 6.92 Å². The first-order valence-electron chi connectivity index (χ1n) is 6.28. The van der Waals surface area contributed by atoms with E-state index in [-0.39, 0.29) is 5.91 Å². The van der Waals surface area contributed by atoms with Crippen LogP contribution in [-0.4, -0.2) is 36.5 Å². The number of likely N-dealkylation sites (tertiary alicyclic amines) is 1. The zero-order valence-corrected chi connectivity index (χ0v) is 10.5. The minimum atomic E-state index is -0.0285. The van der Waals surface area contributed by atoms with Crippen molar-refractivity contribution in [3.8, 4) is 0 Å². The van der Waals surface area contributed by atoms with Crippen molar-refractivity contribution in [3.63, 3.8) is 0 Å². The van der Waals surface area contributed by atoms with Crippen LogP contribution in [0.3, 0.4) is 0 Å². The highest BCUT2D eigenvalue weighted by atomic mass is 16.3. The molecule has 0 saturated carbocycles. The van der Waals surface area contributed by atoms with Crippen LogP contribution in [0.25, 0.3) is 0 Å². The summed E-state index contributed by atoms with van der Waals surface area (Å²) in [6, 6.07) is 2.22. The van der Waals surface area contributed by atoms with Crippen LogP contribution in [0.2, 0.25) is 0 Å². The van der Waals surface area contributed by atoms with Crippen molar-refractivity contribution in [2.75, 3.05) is 19.6 Å². The molecule has 4 nitrogen and oxygen atoms in total. The second kappa shape index (κ2) is 5.36. The molecule has 1 atom stereocenters. The molecule has 1 aromatic heterocycles. The Morgan fingerprint density at radius 1 is 1.65 bits per heavy atom. The average molecular weight is 236 g/mol. The summed E-state index contributed by atoms with van der Waals surface area (Å²) in [4.78, 5) is 14.3. The Labute approximate surface area is 102 Å². The summed E-state index contributed by atoms with van der Waals surface area (Å²) in [5.74, 6) is 0.653. The third kappa shape index (κ3) is 2.69. The molecule has 2 heterocycles. The van der Waals surface area contributed by atoms with E-state index in [1.54, 1.807) is 12.3 Å². The van der Waals surface area contributed by atoms with Crippen molar-refractivity contribution in [2.45, 2.75) is 32.7 Å². The van der Waals surface area contributed by atoms with Gasteiger partial charge in [-0.2, -0.15) is 0 Å². The largest absolute Gasteiger partial charge is 0.469 e. The third-order valence-corrected chi connectivity index (χ3v) is 3.51. The molecule has 2 rings (SSSR count). The molecule has 94 valence electrons. The van der Waals surface area contributed by atoms with Crippen LogP contribution in [0.15, 0.2) is 16.7 Å². The predicted molar refractivity (Wildman–Crippen MR) is 66.0 cm³/mol. The number of furan rings is 1. The molecule has 1 saturated heterocycles. The maximum Gasteiger partial charge on any atom is 0.254 e. The second-order valence-corrected chi connectivity index (χ2v) is 4.53. The topological polar surface area (TPSA) is 45.5 Å². The molecule has 0 aliphatic carbocycles. The summed E-state index contributed by atoms with van der Waals surface area (Å²) in [5, 5.41) is 2.99. The number of carbonyl (C=O) groups is 1. The lowest BCUT2D eigenvalue weighted by Crippen LogP contribution is -2.40. The molecule has 17 heavy (non-hydrogen) atoms. The first-order chi connectivity index (χ1) is 8.22. The number of amides is 1. The van der Waals surface area contributed by atoms with E-state index in [0.717, 1.165) is 19.6 Å². The van der Waals surface area contributed by atoms with Crippen LogP contribution < -0.4 is 5.32 Å². The number of hydrogen-bond donors (Lipinski definition) is 1. The van der Waals surface area contributed by atoms with Crippen molar-refractivity contribution in [3.05, 3.63) is 23.7 Å². The predicted octanol–water partition coefficient (Wildman–Crippen LogP) is 1.80. The number of carbonyl (C=O) groups excluding carboxylic acids is 1. The van der Waals surface area contributed by atoms with Crippen molar-refractivity contribution in [1.29, 1.82) is 0 Å². The Kier molecular flexibility index (Phi) is 3.84. The summed E-state index contributed by atoms with van der Waals surface area (Å²) in [6.07, 6.45) is 3.97. The minimum Gasteiger partial charge on any atom is -0.469 e. The van der Waals surface area contributed by atoms with Gasteiger partial charge in [0.1, 0.15) is 5.76 Å². The Balaban J connectivity index is 1.86. The Morgan fingerprint density at radius 2 is 2.47 bits per heavy atom. The van der Waals surface area contributed by atoms with Crippen LogP contribution in [0.4, 0.5) is 0 Å². The van der Waals surface area contributed by atoms with E-state index in [9.17, 15) is 4.79 Å². The van der Waals surface area contributed by atoms with Gasteiger partial charge in [0.25, 0.3) is 5.91 Å². The lowest BCUT2D eigenvalue weighted by atomic mass is 10.2. The van der Waals surface area contributed by atoms with Crippen molar-refractivity contribution >= 4 is 5.91 Å². The van der Waals surface area contributed by atoms with Crippen LogP contribution in [-0.2, 0) is 0 Å². The fourth-order valence-corrected chi connectivity index (χ4v) is 2.47. The van der Waals surface area contributed by atoms with E-state index in [1.807, 2.05) is 6.92 Å². The van der Waals surface area contributed by atoms with Gasteiger partial charge in [0, 0.05) is 12.6 Å². The number of likely N-dealkylation sites (N-methyl/N-ethyl adjacent to an activating group) is 1.